The molecule has 0 spiro atoms. The Labute approximate surface area is 144 Å². The number of nitrogens with one attached hydrogen (secondary N) is 1. The standard InChI is InChI=1S/C18H20BrNO3/c1-4-22-15-7-5-6-14(11-15)20-18(21)16-10-13(19)8-9-17(16)23-12(2)3/h5-12H,4H2,1-3H3,(H,20,21). The van der Waals surface area contributed by atoms with Gasteiger partial charge in [-0.1, -0.05) is 22.0 Å². The highest BCUT2D eigenvalue weighted by Crippen LogP contribution is 2.26. The van der Waals surface area contributed by atoms with E-state index in [4.69, 9.17) is 9.47 Å². The Balaban J connectivity index is 2.23. The zero-order chi connectivity index (χ0) is 16.8. The highest BCUT2D eigenvalue weighted by Gasteiger charge is 2.15. The topological polar surface area (TPSA) is 47.6 Å². The van der Waals surface area contributed by atoms with E-state index >= 15 is 0 Å². The molecule has 0 aliphatic carbocycles. The van der Waals surface area contributed by atoms with Crippen molar-refractivity contribution in [3.05, 3.63) is 52.5 Å². The highest BCUT2D eigenvalue weighted by molar-refractivity contribution is 9.10. The third kappa shape index (κ3) is 4.99. The lowest BCUT2D eigenvalue weighted by Crippen LogP contribution is -2.16. The van der Waals surface area contributed by atoms with Gasteiger partial charge in [0.05, 0.1) is 18.3 Å². The average molecular weight is 378 g/mol. The van der Waals surface area contributed by atoms with Crippen molar-refractivity contribution < 1.29 is 14.3 Å². The Hall–Kier alpha value is -2.01. The van der Waals surface area contributed by atoms with E-state index in [2.05, 4.69) is 21.2 Å². The summed E-state index contributed by atoms with van der Waals surface area (Å²) >= 11 is 3.39. The summed E-state index contributed by atoms with van der Waals surface area (Å²) in [7, 11) is 0. The van der Waals surface area contributed by atoms with E-state index in [-0.39, 0.29) is 12.0 Å². The molecule has 122 valence electrons. The van der Waals surface area contributed by atoms with E-state index in [1.807, 2.05) is 45.0 Å². The molecule has 0 saturated heterocycles. The van der Waals surface area contributed by atoms with Gasteiger partial charge in [-0.05, 0) is 51.1 Å². The lowest BCUT2D eigenvalue weighted by atomic mass is 10.1. The molecule has 0 aliphatic rings. The quantitative estimate of drug-likeness (QED) is 0.779. The van der Waals surface area contributed by atoms with E-state index in [0.29, 0.717) is 23.6 Å². The van der Waals surface area contributed by atoms with Crippen LogP contribution in [-0.4, -0.2) is 18.6 Å². The maximum Gasteiger partial charge on any atom is 0.259 e. The largest absolute Gasteiger partial charge is 0.494 e. The van der Waals surface area contributed by atoms with Crippen molar-refractivity contribution in [2.75, 3.05) is 11.9 Å². The molecule has 2 aromatic rings. The van der Waals surface area contributed by atoms with Crippen LogP contribution in [0.15, 0.2) is 46.9 Å². The van der Waals surface area contributed by atoms with Gasteiger partial charge >= 0.3 is 0 Å². The Morgan fingerprint density at radius 1 is 1.22 bits per heavy atom. The fraction of sp³-hybridized carbons (Fsp3) is 0.278. The van der Waals surface area contributed by atoms with E-state index < -0.39 is 0 Å². The van der Waals surface area contributed by atoms with E-state index in [0.717, 1.165) is 10.2 Å². The number of benzene rings is 2. The number of halogens is 1. The molecule has 0 radical (unpaired) electrons. The summed E-state index contributed by atoms with van der Waals surface area (Å²) in [5, 5.41) is 2.88. The number of ether oxygens (including phenoxy) is 2. The number of hydrogen-bond acceptors (Lipinski definition) is 3. The molecule has 0 fully saturated rings. The maximum absolute atomic E-state index is 12.6. The minimum absolute atomic E-state index is 0.0102. The van der Waals surface area contributed by atoms with Gasteiger partial charge in [-0.3, -0.25) is 4.79 Å². The summed E-state index contributed by atoms with van der Waals surface area (Å²) in [5.41, 5.74) is 1.16. The average Bonchev–Trinajstić information content (AvgIpc) is 2.49. The Kier molecular flexibility index (Phi) is 6.04. The summed E-state index contributed by atoms with van der Waals surface area (Å²) in [6.07, 6.45) is -0.0102. The first-order valence-corrected chi connectivity index (χ1v) is 8.29. The molecule has 1 amide bonds. The summed E-state index contributed by atoms with van der Waals surface area (Å²) < 4.78 is 12.0. The third-order valence-electron chi connectivity index (χ3n) is 2.95. The van der Waals surface area contributed by atoms with Crippen LogP contribution in [0.2, 0.25) is 0 Å². The predicted octanol–water partition coefficient (Wildman–Crippen LogP) is 4.89. The van der Waals surface area contributed by atoms with E-state index in [1.165, 1.54) is 0 Å². The van der Waals surface area contributed by atoms with Gasteiger partial charge in [0.15, 0.2) is 0 Å². The second kappa shape index (κ2) is 8.02. The molecule has 2 aromatic carbocycles. The summed E-state index contributed by atoms with van der Waals surface area (Å²) in [5.74, 6) is 1.05. The van der Waals surface area contributed by atoms with Gasteiger partial charge in [0.25, 0.3) is 5.91 Å². The molecule has 0 aliphatic heterocycles. The molecule has 0 atom stereocenters. The van der Waals surface area contributed by atoms with Gasteiger partial charge in [-0.25, -0.2) is 0 Å². The minimum atomic E-state index is -0.226. The number of amides is 1. The van der Waals surface area contributed by atoms with Crippen molar-refractivity contribution in [3.63, 3.8) is 0 Å². The van der Waals surface area contributed by atoms with Crippen molar-refractivity contribution in [2.45, 2.75) is 26.9 Å². The first-order valence-electron chi connectivity index (χ1n) is 7.50. The third-order valence-corrected chi connectivity index (χ3v) is 3.45. The molecule has 5 heteroatoms. The van der Waals surface area contributed by atoms with Crippen LogP contribution in [0, 0.1) is 0 Å². The van der Waals surface area contributed by atoms with Crippen LogP contribution in [0.5, 0.6) is 11.5 Å². The van der Waals surface area contributed by atoms with Crippen LogP contribution in [0.4, 0.5) is 5.69 Å². The van der Waals surface area contributed by atoms with Crippen LogP contribution in [0.1, 0.15) is 31.1 Å². The van der Waals surface area contributed by atoms with Crippen LogP contribution in [0.3, 0.4) is 0 Å². The van der Waals surface area contributed by atoms with Crippen molar-refractivity contribution in [2.24, 2.45) is 0 Å². The fourth-order valence-corrected chi connectivity index (χ4v) is 2.43. The molecule has 0 bridgehead atoms. The van der Waals surface area contributed by atoms with E-state index in [1.54, 1.807) is 18.2 Å². The monoisotopic (exact) mass is 377 g/mol. The molecule has 0 aromatic heterocycles. The smallest absolute Gasteiger partial charge is 0.259 e. The first kappa shape index (κ1) is 17.3. The normalized spacial score (nSPS) is 10.5. The Morgan fingerprint density at radius 2 is 2.00 bits per heavy atom. The number of carbonyl (C=O) groups is 1. The molecule has 0 heterocycles. The molecular weight excluding hydrogens is 358 g/mol. The lowest BCUT2D eigenvalue weighted by Gasteiger charge is -2.15. The van der Waals surface area contributed by atoms with Gasteiger partial charge < -0.3 is 14.8 Å². The van der Waals surface area contributed by atoms with Crippen LogP contribution >= 0.6 is 15.9 Å². The van der Waals surface area contributed by atoms with Crippen LogP contribution in [0.25, 0.3) is 0 Å². The van der Waals surface area contributed by atoms with Gasteiger partial charge in [0.2, 0.25) is 0 Å². The first-order chi connectivity index (χ1) is 11.0. The second-order valence-corrected chi connectivity index (χ2v) is 6.14. The molecular formula is C18H20BrNO3. The summed E-state index contributed by atoms with van der Waals surface area (Å²) in [4.78, 5) is 12.6. The maximum atomic E-state index is 12.6. The van der Waals surface area contributed by atoms with Crippen molar-refractivity contribution in [3.8, 4) is 11.5 Å². The SMILES string of the molecule is CCOc1cccc(NC(=O)c2cc(Br)ccc2OC(C)C)c1. The zero-order valence-electron chi connectivity index (χ0n) is 13.4. The second-order valence-electron chi connectivity index (χ2n) is 5.22. The summed E-state index contributed by atoms with van der Waals surface area (Å²) in [6, 6.07) is 12.7. The van der Waals surface area contributed by atoms with E-state index in [9.17, 15) is 4.79 Å². The molecule has 23 heavy (non-hydrogen) atoms. The van der Waals surface area contributed by atoms with Crippen molar-refractivity contribution >= 4 is 27.5 Å². The molecule has 0 unspecified atom stereocenters. The predicted molar refractivity (Wildman–Crippen MR) is 95.5 cm³/mol. The number of rotatable bonds is 6. The highest BCUT2D eigenvalue weighted by atomic mass is 79.9. The molecule has 0 saturated carbocycles. The van der Waals surface area contributed by atoms with Gasteiger partial charge in [-0.15, -0.1) is 0 Å². The Bertz CT molecular complexity index is 686. The van der Waals surface area contributed by atoms with Gasteiger partial charge in [0, 0.05) is 16.2 Å². The van der Waals surface area contributed by atoms with Gasteiger partial charge in [-0.2, -0.15) is 0 Å². The van der Waals surface area contributed by atoms with Crippen molar-refractivity contribution in [1.82, 2.24) is 0 Å². The Morgan fingerprint density at radius 3 is 2.70 bits per heavy atom. The molecule has 1 N–H and O–H groups in total. The molecule has 4 nitrogen and oxygen atoms in total. The van der Waals surface area contributed by atoms with Crippen LogP contribution in [-0.2, 0) is 0 Å². The number of hydrogen-bond donors (Lipinski definition) is 1. The number of carbonyl (C=O) groups excluding carboxylic acids is 1. The fourth-order valence-electron chi connectivity index (χ4n) is 2.07. The van der Waals surface area contributed by atoms with Crippen molar-refractivity contribution in [1.29, 1.82) is 0 Å². The summed E-state index contributed by atoms with van der Waals surface area (Å²) in [6.45, 7) is 6.35. The minimum Gasteiger partial charge on any atom is -0.494 e. The zero-order valence-corrected chi connectivity index (χ0v) is 15.0. The lowest BCUT2D eigenvalue weighted by molar-refractivity contribution is 0.102. The van der Waals surface area contributed by atoms with Gasteiger partial charge in [0.1, 0.15) is 11.5 Å². The number of anilines is 1. The van der Waals surface area contributed by atoms with Crippen LogP contribution < -0.4 is 14.8 Å². The molecule has 2 rings (SSSR count).